The third-order valence-electron chi connectivity index (χ3n) is 3.21. The second-order valence-electron chi connectivity index (χ2n) is 5.01. The molecule has 19 heavy (non-hydrogen) atoms. The smallest absolute Gasteiger partial charge is 0.124 e. The van der Waals surface area contributed by atoms with Crippen LogP contribution < -0.4 is 10.1 Å². The Morgan fingerprint density at radius 2 is 2.00 bits per heavy atom. The van der Waals surface area contributed by atoms with Crippen molar-refractivity contribution < 1.29 is 14.9 Å². The molecule has 1 aromatic carbocycles. The molecule has 0 aliphatic rings. The van der Waals surface area contributed by atoms with Gasteiger partial charge in [-0.15, -0.1) is 0 Å². The van der Waals surface area contributed by atoms with Crippen molar-refractivity contribution in [1.82, 2.24) is 5.32 Å². The molecule has 108 valence electrons. The first-order valence-electron chi connectivity index (χ1n) is 6.82. The molecule has 1 rings (SSSR count). The van der Waals surface area contributed by atoms with Gasteiger partial charge in [0.2, 0.25) is 0 Å². The SMILES string of the molecule is CCCNC(C)(CO)CCOc1ccccc1CO. The molecule has 0 heterocycles. The maximum atomic E-state index is 9.45. The van der Waals surface area contributed by atoms with Gasteiger partial charge in [-0.3, -0.25) is 0 Å². The van der Waals surface area contributed by atoms with E-state index in [2.05, 4.69) is 12.2 Å². The van der Waals surface area contributed by atoms with E-state index in [0.717, 1.165) is 18.5 Å². The van der Waals surface area contributed by atoms with E-state index in [1.54, 1.807) is 0 Å². The van der Waals surface area contributed by atoms with Gasteiger partial charge in [0.1, 0.15) is 5.75 Å². The van der Waals surface area contributed by atoms with E-state index >= 15 is 0 Å². The summed E-state index contributed by atoms with van der Waals surface area (Å²) in [7, 11) is 0. The van der Waals surface area contributed by atoms with Crippen LogP contribution in [0.5, 0.6) is 5.75 Å². The highest BCUT2D eigenvalue weighted by Gasteiger charge is 2.22. The number of rotatable bonds is 9. The molecule has 1 atom stereocenters. The first-order chi connectivity index (χ1) is 9.15. The monoisotopic (exact) mass is 267 g/mol. The first kappa shape index (κ1) is 16.0. The fourth-order valence-electron chi connectivity index (χ4n) is 1.81. The number of aliphatic hydroxyl groups excluding tert-OH is 2. The minimum absolute atomic E-state index is 0.0263. The predicted molar refractivity (Wildman–Crippen MR) is 76.3 cm³/mol. The van der Waals surface area contributed by atoms with E-state index in [-0.39, 0.29) is 18.8 Å². The summed E-state index contributed by atoms with van der Waals surface area (Å²) >= 11 is 0. The van der Waals surface area contributed by atoms with Gasteiger partial charge in [-0.05, 0) is 26.0 Å². The summed E-state index contributed by atoms with van der Waals surface area (Å²) < 4.78 is 5.69. The molecule has 4 nitrogen and oxygen atoms in total. The zero-order valence-corrected chi connectivity index (χ0v) is 11.9. The van der Waals surface area contributed by atoms with E-state index in [1.807, 2.05) is 31.2 Å². The Kier molecular flexibility index (Phi) is 6.84. The summed E-state index contributed by atoms with van der Waals surface area (Å²) in [6, 6.07) is 7.45. The van der Waals surface area contributed by atoms with Crippen LogP contribution in [0.4, 0.5) is 0 Å². The van der Waals surface area contributed by atoms with Gasteiger partial charge in [-0.1, -0.05) is 25.1 Å². The highest BCUT2D eigenvalue weighted by atomic mass is 16.5. The largest absolute Gasteiger partial charge is 0.493 e. The highest BCUT2D eigenvalue weighted by molar-refractivity contribution is 5.32. The van der Waals surface area contributed by atoms with E-state index in [0.29, 0.717) is 18.8 Å². The first-order valence-corrected chi connectivity index (χ1v) is 6.82. The standard InChI is InChI=1S/C15H25NO3/c1-3-9-16-15(2,12-18)8-10-19-14-7-5-4-6-13(14)11-17/h4-7,16-18H,3,8-12H2,1-2H3. The molecule has 1 unspecified atom stereocenters. The summed E-state index contributed by atoms with van der Waals surface area (Å²) in [5.41, 5.74) is 0.471. The van der Waals surface area contributed by atoms with Gasteiger partial charge in [0.15, 0.2) is 0 Å². The summed E-state index contributed by atoms with van der Waals surface area (Å²) in [6.45, 7) is 5.53. The van der Waals surface area contributed by atoms with Crippen LogP contribution in [0.3, 0.4) is 0 Å². The van der Waals surface area contributed by atoms with Crippen molar-refractivity contribution in [2.45, 2.75) is 38.8 Å². The van der Waals surface area contributed by atoms with E-state index in [9.17, 15) is 10.2 Å². The highest BCUT2D eigenvalue weighted by Crippen LogP contribution is 2.19. The number of benzene rings is 1. The van der Waals surface area contributed by atoms with Crippen LogP contribution in [0, 0.1) is 0 Å². The minimum atomic E-state index is -0.315. The summed E-state index contributed by atoms with van der Waals surface area (Å²) in [5, 5.41) is 22.0. The zero-order valence-electron chi connectivity index (χ0n) is 11.9. The molecule has 0 amide bonds. The lowest BCUT2D eigenvalue weighted by Gasteiger charge is -2.28. The second kappa shape index (κ2) is 8.15. The third kappa shape index (κ3) is 5.19. The van der Waals surface area contributed by atoms with Crippen molar-refractivity contribution in [1.29, 1.82) is 0 Å². The van der Waals surface area contributed by atoms with Gasteiger partial charge < -0.3 is 20.3 Å². The van der Waals surface area contributed by atoms with Crippen LogP contribution in [0.15, 0.2) is 24.3 Å². The van der Waals surface area contributed by atoms with Crippen molar-refractivity contribution in [3.63, 3.8) is 0 Å². The number of hydrogen-bond donors (Lipinski definition) is 3. The van der Waals surface area contributed by atoms with Gasteiger partial charge >= 0.3 is 0 Å². The normalized spacial score (nSPS) is 14.1. The third-order valence-corrected chi connectivity index (χ3v) is 3.21. The summed E-state index contributed by atoms with van der Waals surface area (Å²) in [4.78, 5) is 0. The van der Waals surface area contributed by atoms with Crippen LogP contribution in [0.1, 0.15) is 32.3 Å². The number of nitrogens with one attached hydrogen (secondary N) is 1. The van der Waals surface area contributed by atoms with Crippen molar-refractivity contribution in [3.8, 4) is 5.75 Å². The second-order valence-corrected chi connectivity index (χ2v) is 5.01. The van der Waals surface area contributed by atoms with Gasteiger partial charge in [0.05, 0.1) is 19.8 Å². The maximum absolute atomic E-state index is 9.45. The van der Waals surface area contributed by atoms with Crippen LogP contribution in [-0.4, -0.2) is 35.5 Å². The molecule has 0 bridgehead atoms. The van der Waals surface area contributed by atoms with E-state index in [4.69, 9.17) is 4.74 Å². The van der Waals surface area contributed by atoms with Crippen molar-refractivity contribution in [2.24, 2.45) is 0 Å². The molecule has 4 heteroatoms. The average molecular weight is 267 g/mol. The number of hydrogen-bond acceptors (Lipinski definition) is 4. The molecular formula is C15H25NO3. The lowest BCUT2D eigenvalue weighted by molar-refractivity contribution is 0.143. The zero-order chi connectivity index (χ0) is 14.1. The summed E-state index contributed by atoms with van der Waals surface area (Å²) in [5.74, 6) is 0.709. The van der Waals surface area contributed by atoms with Crippen LogP contribution in [0.25, 0.3) is 0 Å². The fourth-order valence-corrected chi connectivity index (χ4v) is 1.81. The molecule has 0 radical (unpaired) electrons. The molecule has 1 aromatic rings. The van der Waals surface area contributed by atoms with Gasteiger partial charge in [0, 0.05) is 17.5 Å². The molecule has 0 aliphatic carbocycles. The topological polar surface area (TPSA) is 61.7 Å². The lowest BCUT2D eigenvalue weighted by atomic mass is 9.99. The Bertz CT molecular complexity index is 370. The average Bonchev–Trinajstić information content (AvgIpc) is 2.45. The Morgan fingerprint density at radius 3 is 2.63 bits per heavy atom. The van der Waals surface area contributed by atoms with Crippen LogP contribution >= 0.6 is 0 Å². The molecular weight excluding hydrogens is 242 g/mol. The predicted octanol–water partition coefficient (Wildman–Crippen LogP) is 1.70. The Balaban J connectivity index is 2.47. The van der Waals surface area contributed by atoms with Crippen molar-refractivity contribution >= 4 is 0 Å². The maximum Gasteiger partial charge on any atom is 0.124 e. The Morgan fingerprint density at radius 1 is 1.26 bits per heavy atom. The van der Waals surface area contributed by atoms with Gasteiger partial charge in [-0.25, -0.2) is 0 Å². The molecule has 0 saturated heterocycles. The van der Waals surface area contributed by atoms with Gasteiger partial charge in [0.25, 0.3) is 0 Å². The molecule has 0 spiro atoms. The molecule has 0 saturated carbocycles. The van der Waals surface area contributed by atoms with Crippen molar-refractivity contribution in [3.05, 3.63) is 29.8 Å². The van der Waals surface area contributed by atoms with E-state index in [1.165, 1.54) is 0 Å². The fraction of sp³-hybridized carbons (Fsp3) is 0.600. The number of ether oxygens (including phenoxy) is 1. The van der Waals surface area contributed by atoms with Crippen LogP contribution in [-0.2, 0) is 6.61 Å². The van der Waals surface area contributed by atoms with Gasteiger partial charge in [-0.2, -0.15) is 0 Å². The van der Waals surface area contributed by atoms with Crippen molar-refractivity contribution in [2.75, 3.05) is 19.8 Å². The summed E-state index contributed by atoms with van der Waals surface area (Å²) in [6.07, 6.45) is 1.74. The van der Waals surface area contributed by atoms with E-state index < -0.39 is 0 Å². The molecule has 0 aliphatic heterocycles. The minimum Gasteiger partial charge on any atom is -0.493 e. The Labute approximate surface area is 115 Å². The molecule has 0 fully saturated rings. The molecule has 3 N–H and O–H groups in total. The van der Waals surface area contributed by atoms with Crippen LogP contribution in [0.2, 0.25) is 0 Å². The molecule has 0 aromatic heterocycles. The number of aliphatic hydroxyl groups is 2. The quantitative estimate of drug-likeness (QED) is 0.637. The Hall–Kier alpha value is -1.10. The number of para-hydroxylation sites is 1. The lowest BCUT2D eigenvalue weighted by Crippen LogP contribution is -2.47.